The minimum absolute atomic E-state index is 0.126. The van der Waals surface area contributed by atoms with Gasteiger partial charge in [0.1, 0.15) is 12.5 Å². The summed E-state index contributed by atoms with van der Waals surface area (Å²) in [5.74, 6) is 0. The van der Waals surface area contributed by atoms with Crippen LogP contribution in [0.25, 0.3) is 0 Å². The molecule has 5 nitrogen and oxygen atoms in total. The molecule has 0 saturated carbocycles. The first kappa shape index (κ1) is 10.9. The standard InChI is InChI=1S/C8H20N4O/c1-6-4-7(13-3)12-8(11-6)10-5-9-2/h6-12H,4-5H2,1-3H3. The first-order chi connectivity index (χ1) is 6.26. The van der Waals surface area contributed by atoms with E-state index in [2.05, 4.69) is 28.2 Å². The van der Waals surface area contributed by atoms with Crippen molar-refractivity contribution >= 4 is 0 Å². The molecule has 0 spiro atoms. The van der Waals surface area contributed by atoms with Gasteiger partial charge in [-0.15, -0.1) is 0 Å². The Morgan fingerprint density at radius 3 is 2.85 bits per heavy atom. The minimum atomic E-state index is 0.126. The fraction of sp³-hybridized carbons (Fsp3) is 1.00. The van der Waals surface area contributed by atoms with Crippen LogP contribution in [0.15, 0.2) is 0 Å². The Hall–Kier alpha value is -0.200. The molecule has 1 rings (SSSR count). The third kappa shape index (κ3) is 3.58. The summed E-state index contributed by atoms with van der Waals surface area (Å²) in [6, 6.07) is 0.473. The highest BCUT2D eigenvalue weighted by molar-refractivity contribution is 4.78. The lowest BCUT2D eigenvalue weighted by molar-refractivity contribution is 0.0137. The summed E-state index contributed by atoms with van der Waals surface area (Å²) in [5.41, 5.74) is 0. The number of methoxy groups -OCH3 is 1. The smallest absolute Gasteiger partial charge is 0.115 e. The van der Waals surface area contributed by atoms with Crippen LogP contribution in [-0.4, -0.2) is 39.4 Å². The van der Waals surface area contributed by atoms with Crippen molar-refractivity contribution in [2.24, 2.45) is 0 Å². The summed E-state index contributed by atoms with van der Waals surface area (Å²) in [6.45, 7) is 2.93. The molecule has 5 heteroatoms. The Labute approximate surface area is 79.6 Å². The van der Waals surface area contributed by atoms with Crippen molar-refractivity contribution in [3.05, 3.63) is 0 Å². The number of rotatable bonds is 4. The van der Waals surface area contributed by atoms with Crippen LogP contribution in [0.3, 0.4) is 0 Å². The normalized spacial score (nSPS) is 34.8. The van der Waals surface area contributed by atoms with E-state index in [0.717, 1.165) is 13.1 Å². The van der Waals surface area contributed by atoms with E-state index in [1.54, 1.807) is 7.11 Å². The van der Waals surface area contributed by atoms with Gasteiger partial charge in [-0.05, 0) is 14.0 Å². The van der Waals surface area contributed by atoms with Gasteiger partial charge in [-0.25, -0.2) is 0 Å². The van der Waals surface area contributed by atoms with E-state index in [-0.39, 0.29) is 12.5 Å². The first-order valence-corrected chi connectivity index (χ1v) is 4.69. The molecule has 78 valence electrons. The molecule has 0 aromatic carbocycles. The van der Waals surface area contributed by atoms with E-state index in [1.807, 2.05) is 7.05 Å². The minimum Gasteiger partial charge on any atom is -0.366 e. The molecule has 4 N–H and O–H groups in total. The van der Waals surface area contributed by atoms with E-state index >= 15 is 0 Å². The SMILES string of the molecule is CNCNC1NC(C)CC(OC)N1. The van der Waals surface area contributed by atoms with Crippen LogP contribution in [0.5, 0.6) is 0 Å². The van der Waals surface area contributed by atoms with Crippen LogP contribution in [0.4, 0.5) is 0 Å². The second kappa shape index (κ2) is 5.51. The molecule has 0 aromatic heterocycles. The largest absolute Gasteiger partial charge is 0.366 e. The summed E-state index contributed by atoms with van der Waals surface area (Å²) in [4.78, 5) is 0. The predicted molar refractivity (Wildman–Crippen MR) is 52.0 cm³/mol. The number of nitrogens with one attached hydrogen (secondary N) is 4. The van der Waals surface area contributed by atoms with Crippen molar-refractivity contribution in [2.75, 3.05) is 20.8 Å². The summed E-state index contributed by atoms with van der Waals surface area (Å²) < 4.78 is 5.26. The van der Waals surface area contributed by atoms with Gasteiger partial charge < -0.3 is 10.1 Å². The molecule has 1 fully saturated rings. The van der Waals surface area contributed by atoms with Crippen molar-refractivity contribution in [2.45, 2.75) is 31.9 Å². The molecule has 3 unspecified atom stereocenters. The highest BCUT2D eigenvalue weighted by Crippen LogP contribution is 2.04. The lowest BCUT2D eigenvalue weighted by Gasteiger charge is -2.35. The predicted octanol–water partition coefficient (Wildman–Crippen LogP) is -1.02. The second-order valence-corrected chi connectivity index (χ2v) is 3.36. The first-order valence-electron chi connectivity index (χ1n) is 4.69. The summed E-state index contributed by atoms with van der Waals surface area (Å²) >= 11 is 0. The highest BCUT2D eigenvalue weighted by atomic mass is 16.5. The lowest BCUT2D eigenvalue weighted by Crippen LogP contribution is -2.64. The molecule has 1 aliphatic rings. The average Bonchev–Trinajstić information content (AvgIpc) is 2.14. The maximum absolute atomic E-state index is 5.26. The van der Waals surface area contributed by atoms with Crippen molar-refractivity contribution in [3.8, 4) is 0 Å². The quantitative estimate of drug-likeness (QED) is 0.426. The fourth-order valence-electron chi connectivity index (χ4n) is 1.46. The Kier molecular flexibility index (Phi) is 4.61. The van der Waals surface area contributed by atoms with Crippen molar-refractivity contribution in [1.29, 1.82) is 0 Å². The topological polar surface area (TPSA) is 57.3 Å². The van der Waals surface area contributed by atoms with Crippen LogP contribution < -0.4 is 21.3 Å². The van der Waals surface area contributed by atoms with E-state index in [0.29, 0.717) is 6.04 Å². The molecule has 13 heavy (non-hydrogen) atoms. The van der Waals surface area contributed by atoms with Crippen molar-refractivity contribution < 1.29 is 4.74 Å². The summed E-state index contributed by atoms with van der Waals surface area (Å²) in [7, 11) is 3.64. The molecule has 0 amide bonds. The molecule has 1 aliphatic heterocycles. The molecule has 1 saturated heterocycles. The zero-order valence-corrected chi connectivity index (χ0v) is 8.55. The van der Waals surface area contributed by atoms with E-state index < -0.39 is 0 Å². The van der Waals surface area contributed by atoms with Crippen LogP contribution in [0, 0.1) is 0 Å². The molecule has 0 aromatic rings. The van der Waals surface area contributed by atoms with Gasteiger partial charge in [0.15, 0.2) is 0 Å². The summed E-state index contributed by atoms with van der Waals surface area (Å²) in [5, 5.41) is 12.9. The third-order valence-electron chi connectivity index (χ3n) is 2.14. The Bertz CT molecular complexity index is 144. The highest BCUT2D eigenvalue weighted by Gasteiger charge is 2.23. The van der Waals surface area contributed by atoms with Gasteiger partial charge >= 0.3 is 0 Å². The zero-order valence-electron chi connectivity index (χ0n) is 8.55. The molecule has 3 atom stereocenters. The molecule has 0 radical (unpaired) electrons. The summed E-state index contributed by atoms with van der Waals surface area (Å²) in [6.07, 6.45) is 1.26. The number of hydrogen-bond acceptors (Lipinski definition) is 5. The lowest BCUT2D eigenvalue weighted by atomic mass is 10.2. The monoisotopic (exact) mass is 188 g/mol. The Morgan fingerprint density at radius 2 is 2.23 bits per heavy atom. The third-order valence-corrected chi connectivity index (χ3v) is 2.14. The fourth-order valence-corrected chi connectivity index (χ4v) is 1.46. The van der Waals surface area contributed by atoms with E-state index in [9.17, 15) is 0 Å². The average molecular weight is 188 g/mol. The van der Waals surface area contributed by atoms with Crippen LogP contribution in [0.1, 0.15) is 13.3 Å². The van der Waals surface area contributed by atoms with Crippen LogP contribution in [-0.2, 0) is 4.74 Å². The molecular weight excluding hydrogens is 168 g/mol. The van der Waals surface area contributed by atoms with Crippen molar-refractivity contribution in [1.82, 2.24) is 21.3 Å². The van der Waals surface area contributed by atoms with Gasteiger partial charge in [0.2, 0.25) is 0 Å². The van der Waals surface area contributed by atoms with Gasteiger partial charge in [-0.2, -0.15) is 0 Å². The molecule has 1 heterocycles. The van der Waals surface area contributed by atoms with Crippen LogP contribution >= 0.6 is 0 Å². The van der Waals surface area contributed by atoms with E-state index in [4.69, 9.17) is 4.74 Å². The van der Waals surface area contributed by atoms with Gasteiger partial charge in [0.25, 0.3) is 0 Å². The maximum Gasteiger partial charge on any atom is 0.115 e. The maximum atomic E-state index is 5.26. The molecule has 0 aliphatic carbocycles. The van der Waals surface area contributed by atoms with Gasteiger partial charge in [-0.3, -0.25) is 16.0 Å². The van der Waals surface area contributed by atoms with Gasteiger partial charge in [0.05, 0.1) is 0 Å². The number of hydrogen-bond donors (Lipinski definition) is 4. The van der Waals surface area contributed by atoms with Crippen LogP contribution in [0.2, 0.25) is 0 Å². The molecular formula is C8H20N4O. The van der Waals surface area contributed by atoms with Crippen molar-refractivity contribution in [3.63, 3.8) is 0 Å². The second-order valence-electron chi connectivity index (χ2n) is 3.36. The van der Waals surface area contributed by atoms with E-state index in [1.165, 1.54) is 0 Å². The molecule has 0 bridgehead atoms. The number of ether oxygens (including phenoxy) is 1. The Morgan fingerprint density at radius 1 is 1.46 bits per heavy atom. The zero-order chi connectivity index (χ0) is 9.68. The Balaban J connectivity index is 2.29. The van der Waals surface area contributed by atoms with Gasteiger partial charge in [0, 0.05) is 26.2 Å². The van der Waals surface area contributed by atoms with Gasteiger partial charge in [-0.1, -0.05) is 0 Å².